The smallest absolute Gasteiger partial charge is 0.407 e. The van der Waals surface area contributed by atoms with Gasteiger partial charge in [0.2, 0.25) is 0 Å². The van der Waals surface area contributed by atoms with E-state index in [0.29, 0.717) is 26.2 Å². The summed E-state index contributed by atoms with van der Waals surface area (Å²) >= 11 is 0. The molecule has 1 aromatic heterocycles. The minimum atomic E-state index is -1.21. The fraction of sp³-hybridized carbons (Fsp3) is 0.375. The Labute approximate surface area is 184 Å². The molecule has 0 saturated heterocycles. The molecule has 7 heteroatoms. The van der Waals surface area contributed by atoms with Crippen LogP contribution in [0.4, 0.5) is 4.79 Å². The van der Waals surface area contributed by atoms with E-state index in [1.54, 1.807) is 7.11 Å². The lowest BCUT2D eigenvalue weighted by atomic mass is 10.1. The first-order valence-electron chi connectivity index (χ1n) is 10.6. The molecule has 0 radical (unpaired) electrons. The number of benzene rings is 2. The maximum atomic E-state index is 12.0. The number of carbonyl (C=O) groups is 1. The molecule has 1 heterocycles. The number of amides is 1. The summed E-state index contributed by atoms with van der Waals surface area (Å²) in [4.78, 5) is 15.3. The van der Waals surface area contributed by atoms with Crippen LogP contribution in [0, 0.1) is 0 Å². The average molecular weight is 441 g/mol. The Kier molecular flexibility index (Phi) is 7.63. The highest BCUT2D eigenvalue weighted by Crippen LogP contribution is 2.34. The summed E-state index contributed by atoms with van der Waals surface area (Å²) in [6.07, 6.45) is 2.26. The maximum absolute atomic E-state index is 12.0. The lowest BCUT2D eigenvalue weighted by Gasteiger charge is -2.15. The molecule has 3 aromatic rings. The maximum Gasteiger partial charge on any atom is 0.407 e. The first kappa shape index (κ1) is 22.7. The highest BCUT2D eigenvalue weighted by molar-refractivity contribution is 6.76. The third-order valence-corrected chi connectivity index (χ3v) is 6.72. The molecule has 166 valence electrons. The Bertz CT molecular complexity index is 996. The minimum absolute atomic E-state index is 0.361. The van der Waals surface area contributed by atoms with Crippen molar-refractivity contribution in [2.24, 2.45) is 0 Å². The third kappa shape index (κ3) is 6.78. The van der Waals surface area contributed by atoms with Gasteiger partial charge in [-0.3, -0.25) is 0 Å². The van der Waals surface area contributed by atoms with Gasteiger partial charge in [0.1, 0.15) is 18.1 Å². The van der Waals surface area contributed by atoms with Gasteiger partial charge in [0.25, 0.3) is 0 Å². The SMILES string of the molecule is COc1cc(OCc2ccccc2)c2c(CCNC(=O)OCC[Si](C)(C)C)c[nH]c2c1. The van der Waals surface area contributed by atoms with Gasteiger partial charge in [-0.05, 0) is 23.6 Å². The van der Waals surface area contributed by atoms with Crippen LogP contribution in [0.1, 0.15) is 11.1 Å². The molecule has 1 amide bonds. The first-order chi connectivity index (χ1) is 14.9. The molecule has 0 aliphatic rings. The number of H-pyrrole nitrogens is 1. The minimum Gasteiger partial charge on any atom is -0.497 e. The molecule has 6 nitrogen and oxygen atoms in total. The predicted octanol–water partition coefficient (Wildman–Crippen LogP) is 5.36. The molecule has 0 saturated carbocycles. The molecule has 2 aromatic carbocycles. The summed E-state index contributed by atoms with van der Waals surface area (Å²) in [5.41, 5.74) is 3.11. The molecule has 3 rings (SSSR count). The van der Waals surface area contributed by atoms with Crippen LogP contribution in [-0.4, -0.2) is 39.4 Å². The van der Waals surface area contributed by atoms with Gasteiger partial charge in [-0.15, -0.1) is 0 Å². The first-order valence-corrected chi connectivity index (χ1v) is 14.3. The van der Waals surface area contributed by atoms with Crippen LogP contribution < -0.4 is 14.8 Å². The molecule has 31 heavy (non-hydrogen) atoms. The summed E-state index contributed by atoms with van der Waals surface area (Å²) in [5, 5.41) is 3.85. The summed E-state index contributed by atoms with van der Waals surface area (Å²) in [5.74, 6) is 1.49. The van der Waals surface area contributed by atoms with Crippen LogP contribution in [0.3, 0.4) is 0 Å². The van der Waals surface area contributed by atoms with Gasteiger partial charge in [-0.1, -0.05) is 50.0 Å². The molecule has 0 spiro atoms. The molecule has 0 unspecified atom stereocenters. The fourth-order valence-corrected chi connectivity index (χ4v) is 3.95. The Morgan fingerprint density at radius 1 is 1.13 bits per heavy atom. The molecule has 0 bridgehead atoms. The molecule has 0 aliphatic heterocycles. The molecule has 0 fully saturated rings. The standard InChI is InChI=1S/C24H32N2O4Si/c1-28-20-14-21-23(22(15-20)30-17-18-8-6-5-7-9-18)19(16-26-21)10-11-25-24(27)29-12-13-31(2,3)4/h5-9,14-16,26H,10-13,17H2,1-4H3,(H,25,27). The Morgan fingerprint density at radius 2 is 1.90 bits per heavy atom. The monoisotopic (exact) mass is 440 g/mol. The predicted molar refractivity (Wildman–Crippen MR) is 127 cm³/mol. The molecule has 2 N–H and O–H groups in total. The van der Waals surface area contributed by atoms with E-state index in [1.807, 2.05) is 48.7 Å². The molecular formula is C24H32N2O4Si. The number of rotatable bonds is 10. The summed E-state index contributed by atoms with van der Waals surface area (Å²) in [7, 11) is 0.433. The van der Waals surface area contributed by atoms with E-state index in [0.717, 1.165) is 39.6 Å². The van der Waals surface area contributed by atoms with Crippen molar-refractivity contribution in [1.29, 1.82) is 0 Å². The van der Waals surface area contributed by atoms with E-state index >= 15 is 0 Å². The Morgan fingerprint density at radius 3 is 2.61 bits per heavy atom. The van der Waals surface area contributed by atoms with Crippen LogP contribution in [-0.2, 0) is 17.8 Å². The number of hydrogen-bond acceptors (Lipinski definition) is 4. The van der Waals surface area contributed by atoms with Crippen LogP contribution in [0.2, 0.25) is 25.7 Å². The van der Waals surface area contributed by atoms with E-state index in [1.165, 1.54) is 0 Å². The lowest BCUT2D eigenvalue weighted by molar-refractivity contribution is 0.152. The van der Waals surface area contributed by atoms with Gasteiger partial charge in [0.05, 0.1) is 19.2 Å². The third-order valence-electron chi connectivity index (χ3n) is 5.02. The average Bonchev–Trinajstić information content (AvgIpc) is 3.15. The van der Waals surface area contributed by atoms with E-state index in [2.05, 4.69) is 29.9 Å². The molecular weight excluding hydrogens is 408 g/mol. The summed E-state index contributed by atoms with van der Waals surface area (Å²) in [6.45, 7) is 8.22. The van der Waals surface area contributed by atoms with E-state index in [9.17, 15) is 4.79 Å². The topological polar surface area (TPSA) is 72.6 Å². The van der Waals surface area contributed by atoms with Crippen LogP contribution in [0.25, 0.3) is 10.9 Å². The van der Waals surface area contributed by atoms with Crippen molar-refractivity contribution < 1.29 is 19.0 Å². The highest BCUT2D eigenvalue weighted by Gasteiger charge is 2.15. The number of fused-ring (bicyclic) bond motifs is 1. The van der Waals surface area contributed by atoms with E-state index < -0.39 is 8.07 Å². The van der Waals surface area contributed by atoms with Crippen LogP contribution in [0.15, 0.2) is 48.7 Å². The number of methoxy groups -OCH3 is 1. The van der Waals surface area contributed by atoms with Gasteiger partial charge in [-0.2, -0.15) is 0 Å². The van der Waals surface area contributed by atoms with Crippen molar-refractivity contribution in [1.82, 2.24) is 10.3 Å². The van der Waals surface area contributed by atoms with Crippen LogP contribution >= 0.6 is 0 Å². The van der Waals surface area contributed by atoms with Crippen molar-refractivity contribution in [3.63, 3.8) is 0 Å². The normalized spacial score (nSPS) is 11.4. The summed E-state index contributed by atoms with van der Waals surface area (Å²) < 4.78 is 16.9. The number of ether oxygens (including phenoxy) is 3. The Balaban J connectivity index is 1.64. The second kappa shape index (κ2) is 10.4. The molecule has 0 atom stereocenters. The second-order valence-electron chi connectivity index (χ2n) is 8.76. The molecule has 0 aliphatic carbocycles. The van der Waals surface area contributed by atoms with Crippen LogP contribution in [0.5, 0.6) is 11.5 Å². The summed E-state index contributed by atoms with van der Waals surface area (Å²) in [6, 6.07) is 14.9. The van der Waals surface area contributed by atoms with Gasteiger partial charge in [0, 0.05) is 38.3 Å². The van der Waals surface area contributed by atoms with E-state index in [4.69, 9.17) is 14.2 Å². The van der Waals surface area contributed by atoms with Crippen molar-refractivity contribution in [3.8, 4) is 11.5 Å². The Hall–Kier alpha value is -2.93. The number of alkyl carbamates (subject to hydrolysis) is 1. The van der Waals surface area contributed by atoms with Crippen molar-refractivity contribution in [3.05, 3.63) is 59.8 Å². The van der Waals surface area contributed by atoms with Gasteiger partial charge >= 0.3 is 6.09 Å². The fourth-order valence-electron chi connectivity index (χ4n) is 3.24. The second-order valence-corrected chi connectivity index (χ2v) is 14.4. The van der Waals surface area contributed by atoms with Gasteiger partial charge in [0.15, 0.2) is 0 Å². The largest absolute Gasteiger partial charge is 0.497 e. The number of carbonyl (C=O) groups excluding carboxylic acids is 1. The lowest BCUT2D eigenvalue weighted by Crippen LogP contribution is -2.29. The number of hydrogen-bond donors (Lipinski definition) is 2. The van der Waals surface area contributed by atoms with Crippen molar-refractivity contribution in [2.75, 3.05) is 20.3 Å². The number of aromatic amines is 1. The quantitative estimate of drug-likeness (QED) is 0.416. The zero-order valence-corrected chi connectivity index (χ0v) is 19.8. The number of nitrogens with one attached hydrogen (secondary N) is 2. The zero-order chi connectivity index (χ0) is 22.3. The number of aromatic nitrogens is 1. The van der Waals surface area contributed by atoms with Gasteiger partial charge in [-0.25, -0.2) is 4.79 Å². The van der Waals surface area contributed by atoms with Crippen molar-refractivity contribution in [2.45, 2.75) is 38.7 Å². The van der Waals surface area contributed by atoms with Gasteiger partial charge < -0.3 is 24.5 Å². The highest BCUT2D eigenvalue weighted by atomic mass is 28.3. The zero-order valence-electron chi connectivity index (χ0n) is 18.8. The van der Waals surface area contributed by atoms with Crippen molar-refractivity contribution >= 4 is 25.1 Å². The van der Waals surface area contributed by atoms with E-state index in [-0.39, 0.29) is 6.09 Å².